The van der Waals surface area contributed by atoms with Crippen LogP contribution < -0.4 is 29.6 Å². The van der Waals surface area contributed by atoms with Crippen LogP contribution in [0.2, 0.25) is 20.1 Å². The zero-order valence-electron chi connectivity index (χ0n) is 31.2. The Labute approximate surface area is 369 Å². The summed E-state index contributed by atoms with van der Waals surface area (Å²) in [6.07, 6.45) is 2.89. The molecule has 2 aliphatic rings. The first-order chi connectivity index (χ1) is 26.5. The third-order valence-electron chi connectivity index (χ3n) is 9.69. The monoisotopic (exact) mass is 852 g/mol. The van der Waals surface area contributed by atoms with Gasteiger partial charge in [-0.3, -0.25) is 0 Å². The number of ether oxygens (including phenoxy) is 2. The van der Waals surface area contributed by atoms with Gasteiger partial charge in [-0.15, -0.1) is 11.6 Å². The molecule has 0 bridgehead atoms. The van der Waals surface area contributed by atoms with Gasteiger partial charge >= 0.3 is 41.5 Å². The summed E-state index contributed by atoms with van der Waals surface area (Å²) in [5.74, 6) is -0.293. The summed E-state index contributed by atoms with van der Waals surface area (Å²) in [4.78, 5) is 35.7. The Kier molecular flexibility index (Phi) is 11.9. The molecule has 0 amide bonds. The summed E-state index contributed by atoms with van der Waals surface area (Å²) in [5, 5.41) is 6.86. The van der Waals surface area contributed by atoms with Gasteiger partial charge < -0.3 is 20.5 Å². The SMILES string of the molecule is CC1OC(=O)c2ncc3[nH]c4ccccc4c3c21.CC1OC(=O)c2ncc3c(c21)c1ccccc1n3Cc1cc(Cl)ccc1Cl.ClCc1cc(Cl)ccc1Cl.[H-].[Na+]. The molecule has 0 radical (unpaired) electrons. The number of benzene rings is 4. The van der Waals surface area contributed by atoms with E-state index in [1.807, 2.05) is 56.3 Å². The maximum absolute atomic E-state index is 12.1. The second kappa shape index (κ2) is 16.6. The zero-order chi connectivity index (χ0) is 38.5. The van der Waals surface area contributed by atoms with E-state index in [9.17, 15) is 9.59 Å². The van der Waals surface area contributed by atoms with Crippen LogP contribution in [-0.2, 0) is 21.9 Å². The molecule has 4 aromatic carbocycles. The number of rotatable bonds is 3. The van der Waals surface area contributed by atoms with Crippen LogP contribution in [0, 0.1) is 0 Å². The minimum atomic E-state index is -0.367. The Morgan fingerprint density at radius 3 is 1.88 bits per heavy atom. The number of halogens is 5. The van der Waals surface area contributed by atoms with Gasteiger partial charge in [0.15, 0.2) is 11.4 Å². The Hall–Kier alpha value is -3.83. The van der Waals surface area contributed by atoms with Crippen molar-refractivity contribution in [1.29, 1.82) is 0 Å². The molecule has 56 heavy (non-hydrogen) atoms. The van der Waals surface area contributed by atoms with Crippen molar-refractivity contribution in [3.05, 3.63) is 151 Å². The van der Waals surface area contributed by atoms with E-state index >= 15 is 0 Å². The number of esters is 2. The van der Waals surface area contributed by atoms with Gasteiger partial charge in [0, 0.05) is 76.2 Å². The standard InChI is InChI=1S/C21H14Cl2N2O2.C14H10N2O2.C7H5Cl3.Na.H/c1-11-18-19-14-4-2-3-5-16(14)25(10-12-8-13(22)6-7-15(12)23)17(19)9-24-20(18)21(26)27-11;1-7-11-12-8-4-2-3-5-9(8)16-10(12)6-15-13(11)14(17)18-7;8-4-5-3-6(9)1-2-7(5)10;;/h2-9,11H,10H2,1H3;2-7,16H,1H3;1-3H,4H2;;/q;;;+1;-1. The van der Waals surface area contributed by atoms with Crippen LogP contribution in [0.4, 0.5) is 0 Å². The summed E-state index contributed by atoms with van der Waals surface area (Å²) in [5.41, 5.74) is 8.37. The number of aromatic nitrogens is 4. The second-order valence-electron chi connectivity index (χ2n) is 13.1. The first kappa shape index (κ1) is 40.4. The number of H-pyrrole nitrogens is 1. The zero-order valence-corrected chi connectivity index (χ0v) is 36.0. The van der Waals surface area contributed by atoms with Crippen molar-refractivity contribution in [3.63, 3.8) is 0 Å². The third-order valence-corrected chi connectivity index (χ3v) is 11.2. The maximum Gasteiger partial charge on any atom is 1.00 e. The molecule has 0 aliphatic carbocycles. The van der Waals surface area contributed by atoms with Gasteiger partial charge in [0.25, 0.3) is 0 Å². The minimum Gasteiger partial charge on any atom is -1.00 e. The molecule has 0 spiro atoms. The van der Waals surface area contributed by atoms with Crippen LogP contribution >= 0.6 is 58.0 Å². The number of hydrogen-bond acceptors (Lipinski definition) is 6. The molecule has 0 saturated heterocycles. The van der Waals surface area contributed by atoms with E-state index in [0.717, 1.165) is 65.9 Å². The topological polar surface area (TPSA) is 99.1 Å². The summed E-state index contributed by atoms with van der Waals surface area (Å²) in [7, 11) is 0. The van der Waals surface area contributed by atoms with Crippen molar-refractivity contribution in [2.75, 3.05) is 0 Å². The van der Waals surface area contributed by atoms with Crippen molar-refractivity contribution in [2.24, 2.45) is 0 Å². The fraction of sp³-hybridized carbons (Fsp3) is 0.143. The molecule has 10 rings (SSSR count). The van der Waals surface area contributed by atoms with Gasteiger partial charge in [0.05, 0.1) is 23.4 Å². The Bertz CT molecular complexity index is 2850. The van der Waals surface area contributed by atoms with Gasteiger partial charge in [0.1, 0.15) is 12.2 Å². The van der Waals surface area contributed by atoms with E-state index in [4.69, 9.17) is 67.5 Å². The predicted molar refractivity (Wildman–Crippen MR) is 221 cm³/mol. The Morgan fingerprint density at radius 2 is 1.23 bits per heavy atom. The number of nitrogens with one attached hydrogen (secondary N) is 1. The quantitative estimate of drug-likeness (QED) is 0.108. The predicted octanol–water partition coefficient (Wildman–Crippen LogP) is 9.57. The summed E-state index contributed by atoms with van der Waals surface area (Å²) in [6, 6.07) is 26.8. The van der Waals surface area contributed by atoms with E-state index in [-0.39, 0.29) is 55.1 Å². The van der Waals surface area contributed by atoms with Crippen molar-refractivity contribution in [2.45, 2.75) is 38.5 Å². The Balaban J connectivity index is 0.000000158. The van der Waals surface area contributed by atoms with E-state index in [0.29, 0.717) is 43.9 Å². The summed E-state index contributed by atoms with van der Waals surface area (Å²) < 4.78 is 12.8. The van der Waals surface area contributed by atoms with E-state index < -0.39 is 0 Å². The molecule has 0 saturated carbocycles. The number of cyclic esters (lactones) is 2. The molecule has 8 nitrogen and oxygen atoms in total. The number of aromatic amines is 1. The number of carbonyl (C=O) groups is 2. The second-order valence-corrected chi connectivity index (χ2v) is 15.0. The molecule has 6 heterocycles. The van der Waals surface area contributed by atoms with Crippen LogP contribution in [0.25, 0.3) is 43.6 Å². The van der Waals surface area contributed by atoms with Gasteiger partial charge in [-0.2, -0.15) is 0 Å². The number of fused-ring (bicyclic) bond motifs is 10. The fourth-order valence-electron chi connectivity index (χ4n) is 7.24. The number of nitrogens with zero attached hydrogens (tertiary/aromatic N) is 3. The molecule has 2 atom stereocenters. The number of pyridine rings is 2. The van der Waals surface area contributed by atoms with Crippen LogP contribution in [0.5, 0.6) is 0 Å². The fourth-order valence-corrected chi connectivity index (χ4v) is 8.28. The molecular formula is C42H30Cl5N4NaO4. The first-order valence-corrected chi connectivity index (χ1v) is 19.2. The summed E-state index contributed by atoms with van der Waals surface area (Å²) >= 11 is 29.6. The molecule has 1 N–H and O–H groups in total. The van der Waals surface area contributed by atoms with Crippen LogP contribution in [-0.4, -0.2) is 31.5 Å². The molecule has 14 heteroatoms. The minimum absolute atomic E-state index is 0. The molecule has 278 valence electrons. The van der Waals surface area contributed by atoms with Gasteiger partial charge in [-0.1, -0.05) is 82.8 Å². The van der Waals surface area contributed by atoms with Crippen molar-refractivity contribution in [3.8, 4) is 0 Å². The van der Waals surface area contributed by atoms with Crippen LogP contribution in [0.1, 0.15) is 70.7 Å². The molecule has 2 unspecified atom stereocenters. The summed E-state index contributed by atoms with van der Waals surface area (Å²) in [6.45, 7) is 4.31. The number of alkyl halides is 1. The molecule has 8 aromatic rings. The maximum atomic E-state index is 12.1. The normalized spacial score (nSPS) is 15.4. The van der Waals surface area contributed by atoms with Crippen molar-refractivity contribution >= 4 is 114 Å². The van der Waals surface area contributed by atoms with Gasteiger partial charge in [-0.25, -0.2) is 19.6 Å². The first-order valence-electron chi connectivity index (χ1n) is 17.2. The molecule has 2 aliphatic heterocycles. The number of hydrogen-bond donors (Lipinski definition) is 1. The van der Waals surface area contributed by atoms with E-state index in [1.54, 1.807) is 42.7 Å². The average Bonchev–Trinajstić information content (AvgIpc) is 3.89. The van der Waals surface area contributed by atoms with Crippen molar-refractivity contribution < 1.29 is 50.0 Å². The largest absolute Gasteiger partial charge is 1.00 e. The van der Waals surface area contributed by atoms with Crippen molar-refractivity contribution in [1.82, 2.24) is 19.5 Å². The van der Waals surface area contributed by atoms with E-state index in [1.165, 1.54) is 0 Å². The average molecular weight is 855 g/mol. The van der Waals surface area contributed by atoms with E-state index in [2.05, 4.69) is 31.7 Å². The number of carbonyl (C=O) groups excluding carboxylic acids is 2. The van der Waals surface area contributed by atoms with Crippen LogP contribution in [0.3, 0.4) is 0 Å². The Morgan fingerprint density at radius 1 is 0.679 bits per heavy atom. The third kappa shape index (κ3) is 7.38. The van der Waals surface area contributed by atoms with Crippen LogP contribution in [0.15, 0.2) is 97.3 Å². The smallest absolute Gasteiger partial charge is 1.00 e. The number of para-hydroxylation sites is 2. The molecule has 4 aromatic heterocycles. The molecular weight excluding hydrogens is 825 g/mol. The molecule has 0 fully saturated rings. The van der Waals surface area contributed by atoms with Gasteiger partial charge in [0.2, 0.25) is 0 Å². The van der Waals surface area contributed by atoms with Gasteiger partial charge in [-0.05, 0) is 73.5 Å².